The molecule has 1 N–H and O–H groups in total. The first-order valence-corrected chi connectivity index (χ1v) is 8.29. The van der Waals surface area contributed by atoms with Crippen molar-refractivity contribution in [2.45, 2.75) is 32.3 Å². The van der Waals surface area contributed by atoms with E-state index in [0.29, 0.717) is 0 Å². The van der Waals surface area contributed by atoms with Gasteiger partial charge in [-0.25, -0.2) is 0 Å². The van der Waals surface area contributed by atoms with Crippen molar-refractivity contribution in [1.82, 2.24) is 10.2 Å². The predicted molar refractivity (Wildman–Crippen MR) is 96.0 cm³/mol. The Bertz CT molecular complexity index is 456. The smallest absolute Gasteiger partial charge is 0.226 e. The number of hydrogen-bond acceptors (Lipinski definition) is 3. The number of carbonyl (C=O) groups is 1. The quantitative estimate of drug-likeness (QED) is 0.739. The Morgan fingerprint density at radius 2 is 2.13 bits per heavy atom. The van der Waals surface area contributed by atoms with Crippen LogP contribution >= 0.6 is 12.4 Å². The summed E-state index contributed by atoms with van der Waals surface area (Å²) < 4.78 is 5.94. The van der Waals surface area contributed by atoms with Crippen LogP contribution in [0.5, 0.6) is 0 Å². The number of amides is 1. The van der Waals surface area contributed by atoms with Gasteiger partial charge in [0.2, 0.25) is 5.91 Å². The molecule has 1 aliphatic heterocycles. The molecule has 0 bridgehead atoms. The molecule has 4 nitrogen and oxygen atoms in total. The highest BCUT2D eigenvalue weighted by Gasteiger charge is 2.28. The predicted octanol–water partition coefficient (Wildman–Crippen LogP) is 2.51. The minimum atomic E-state index is 0. The molecule has 1 fully saturated rings. The fourth-order valence-corrected chi connectivity index (χ4v) is 2.94. The highest BCUT2D eigenvalue weighted by molar-refractivity contribution is 5.85. The average molecular weight is 341 g/mol. The molecule has 1 aromatic carbocycles. The standard InChI is InChI=1S/C18H28N2O2.ClH/c1-15(13-19-2)18(21)20-11-10-17(14-20)22-12-6-9-16-7-4-3-5-8-16;/h3-5,7-8,15,17,19H,6,9-14H2,1-2H3;1H. The molecule has 2 unspecified atom stereocenters. The maximum absolute atomic E-state index is 12.2. The zero-order valence-electron chi connectivity index (χ0n) is 14.2. The minimum Gasteiger partial charge on any atom is -0.376 e. The van der Waals surface area contributed by atoms with Crippen LogP contribution in [0.25, 0.3) is 0 Å². The van der Waals surface area contributed by atoms with Gasteiger partial charge >= 0.3 is 0 Å². The molecule has 130 valence electrons. The first-order valence-electron chi connectivity index (χ1n) is 8.29. The average Bonchev–Trinajstić information content (AvgIpc) is 3.01. The molecule has 1 amide bonds. The summed E-state index contributed by atoms with van der Waals surface area (Å²) in [5.74, 6) is 0.284. The van der Waals surface area contributed by atoms with Gasteiger partial charge in [0.25, 0.3) is 0 Å². The molecule has 0 spiro atoms. The van der Waals surface area contributed by atoms with Crippen molar-refractivity contribution in [3.63, 3.8) is 0 Å². The lowest BCUT2D eigenvalue weighted by Crippen LogP contribution is -2.37. The van der Waals surface area contributed by atoms with Crippen LogP contribution in [0, 0.1) is 5.92 Å². The highest BCUT2D eigenvalue weighted by Crippen LogP contribution is 2.16. The van der Waals surface area contributed by atoms with Crippen LogP contribution in [0.4, 0.5) is 0 Å². The van der Waals surface area contributed by atoms with Crippen molar-refractivity contribution in [2.75, 3.05) is 33.3 Å². The summed E-state index contributed by atoms with van der Waals surface area (Å²) in [7, 11) is 1.88. The van der Waals surface area contributed by atoms with E-state index in [1.54, 1.807) is 0 Å². The Hall–Kier alpha value is -1.10. The van der Waals surface area contributed by atoms with Crippen LogP contribution in [-0.2, 0) is 16.0 Å². The van der Waals surface area contributed by atoms with E-state index in [4.69, 9.17) is 4.74 Å². The summed E-state index contributed by atoms with van der Waals surface area (Å²) >= 11 is 0. The fourth-order valence-electron chi connectivity index (χ4n) is 2.94. The Morgan fingerprint density at radius 1 is 1.39 bits per heavy atom. The van der Waals surface area contributed by atoms with Gasteiger partial charge in [-0.3, -0.25) is 4.79 Å². The number of nitrogens with one attached hydrogen (secondary N) is 1. The maximum atomic E-state index is 12.2. The zero-order chi connectivity index (χ0) is 15.8. The van der Waals surface area contributed by atoms with Crippen molar-refractivity contribution in [1.29, 1.82) is 0 Å². The van der Waals surface area contributed by atoms with Crippen LogP contribution in [0.1, 0.15) is 25.3 Å². The van der Waals surface area contributed by atoms with Gasteiger partial charge in [-0.15, -0.1) is 12.4 Å². The largest absolute Gasteiger partial charge is 0.376 e. The highest BCUT2D eigenvalue weighted by atomic mass is 35.5. The second-order valence-corrected chi connectivity index (χ2v) is 6.11. The number of halogens is 1. The molecule has 2 atom stereocenters. The summed E-state index contributed by atoms with van der Waals surface area (Å²) in [5, 5.41) is 3.06. The summed E-state index contributed by atoms with van der Waals surface area (Å²) in [4.78, 5) is 14.2. The fraction of sp³-hybridized carbons (Fsp3) is 0.611. The second kappa shape index (κ2) is 10.6. The van der Waals surface area contributed by atoms with Crippen molar-refractivity contribution in [3.8, 4) is 0 Å². The van der Waals surface area contributed by atoms with Crippen molar-refractivity contribution < 1.29 is 9.53 Å². The van der Waals surface area contributed by atoms with E-state index in [1.165, 1.54) is 5.56 Å². The number of benzene rings is 1. The van der Waals surface area contributed by atoms with Crippen molar-refractivity contribution in [3.05, 3.63) is 35.9 Å². The maximum Gasteiger partial charge on any atom is 0.226 e. The Morgan fingerprint density at radius 3 is 2.83 bits per heavy atom. The number of carbonyl (C=O) groups excluding carboxylic acids is 1. The van der Waals surface area contributed by atoms with Gasteiger partial charge in [0.1, 0.15) is 0 Å². The van der Waals surface area contributed by atoms with Gasteiger partial charge < -0.3 is 15.0 Å². The van der Waals surface area contributed by atoms with E-state index in [-0.39, 0.29) is 30.3 Å². The summed E-state index contributed by atoms with van der Waals surface area (Å²) in [6.45, 7) is 5.06. The van der Waals surface area contributed by atoms with Gasteiger partial charge in [-0.1, -0.05) is 37.3 Å². The third-order valence-corrected chi connectivity index (χ3v) is 4.19. The molecular weight excluding hydrogens is 312 g/mol. The minimum absolute atomic E-state index is 0. The number of hydrogen-bond donors (Lipinski definition) is 1. The number of likely N-dealkylation sites (tertiary alicyclic amines) is 1. The molecular formula is C18H29ClN2O2. The third-order valence-electron chi connectivity index (χ3n) is 4.19. The normalized spacial score (nSPS) is 18.5. The van der Waals surface area contributed by atoms with Gasteiger partial charge in [0, 0.05) is 32.2 Å². The number of nitrogens with zero attached hydrogens (tertiary/aromatic N) is 1. The van der Waals surface area contributed by atoms with E-state index in [1.807, 2.05) is 24.9 Å². The molecule has 1 heterocycles. The molecule has 0 aliphatic carbocycles. The van der Waals surface area contributed by atoms with Gasteiger partial charge in [0.05, 0.1) is 6.10 Å². The summed E-state index contributed by atoms with van der Waals surface area (Å²) in [6.07, 6.45) is 3.25. The molecule has 0 aromatic heterocycles. The molecule has 5 heteroatoms. The molecule has 0 radical (unpaired) electrons. The van der Waals surface area contributed by atoms with Crippen LogP contribution < -0.4 is 5.32 Å². The first-order chi connectivity index (χ1) is 10.7. The van der Waals surface area contributed by atoms with Crippen LogP contribution in [0.2, 0.25) is 0 Å². The Labute approximate surface area is 146 Å². The third kappa shape index (κ3) is 6.50. The van der Waals surface area contributed by atoms with E-state index in [2.05, 4.69) is 29.6 Å². The van der Waals surface area contributed by atoms with Crippen LogP contribution in [0.3, 0.4) is 0 Å². The van der Waals surface area contributed by atoms with Crippen LogP contribution in [0.15, 0.2) is 30.3 Å². The number of aryl methyl sites for hydroxylation is 1. The van der Waals surface area contributed by atoms with Gasteiger partial charge in [-0.2, -0.15) is 0 Å². The number of rotatable bonds is 8. The lowest BCUT2D eigenvalue weighted by atomic mass is 10.1. The zero-order valence-corrected chi connectivity index (χ0v) is 15.0. The molecule has 1 aliphatic rings. The lowest BCUT2D eigenvalue weighted by Gasteiger charge is -2.20. The Balaban J connectivity index is 0.00000264. The topological polar surface area (TPSA) is 41.6 Å². The molecule has 23 heavy (non-hydrogen) atoms. The first kappa shape index (κ1) is 19.9. The van der Waals surface area contributed by atoms with E-state index < -0.39 is 0 Å². The molecule has 0 saturated carbocycles. The molecule has 1 saturated heterocycles. The SMILES string of the molecule is CNCC(C)C(=O)N1CCC(OCCCc2ccccc2)C1.Cl. The van der Waals surface area contributed by atoms with Gasteiger partial charge in [-0.05, 0) is 31.9 Å². The summed E-state index contributed by atoms with van der Waals surface area (Å²) in [5.41, 5.74) is 1.36. The van der Waals surface area contributed by atoms with Crippen molar-refractivity contribution in [2.24, 2.45) is 5.92 Å². The number of ether oxygens (including phenoxy) is 1. The molecule has 1 aromatic rings. The summed E-state index contributed by atoms with van der Waals surface area (Å²) in [6, 6.07) is 10.5. The van der Waals surface area contributed by atoms with Crippen LogP contribution in [-0.4, -0.2) is 50.2 Å². The van der Waals surface area contributed by atoms with E-state index >= 15 is 0 Å². The lowest BCUT2D eigenvalue weighted by molar-refractivity contribution is -0.134. The Kier molecular flexibility index (Phi) is 9.22. The monoisotopic (exact) mass is 340 g/mol. The van der Waals surface area contributed by atoms with Crippen molar-refractivity contribution >= 4 is 18.3 Å². The van der Waals surface area contributed by atoms with E-state index in [9.17, 15) is 4.79 Å². The van der Waals surface area contributed by atoms with Gasteiger partial charge in [0.15, 0.2) is 0 Å². The molecule has 2 rings (SSSR count). The van der Waals surface area contributed by atoms with E-state index in [0.717, 1.165) is 45.5 Å². The second-order valence-electron chi connectivity index (χ2n) is 6.11.